The molecule has 0 aliphatic heterocycles. The van der Waals surface area contributed by atoms with Gasteiger partial charge in [0.15, 0.2) is 0 Å². The van der Waals surface area contributed by atoms with Gasteiger partial charge in [0.2, 0.25) is 10.4 Å². The van der Waals surface area contributed by atoms with E-state index in [1.807, 2.05) is 24.3 Å². The molecule has 0 radical (unpaired) electrons. The van der Waals surface area contributed by atoms with Crippen LogP contribution in [0.4, 0.5) is 5.69 Å². The molecular formula is C11H17NO5S. The van der Waals surface area contributed by atoms with Crippen LogP contribution >= 0.6 is 0 Å². The van der Waals surface area contributed by atoms with Crippen LogP contribution in [0.15, 0.2) is 24.3 Å². The van der Waals surface area contributed by atoms with Crippen molar-refractivity contribution in [2.24, 2.45) is 0 Å². The molecule has 1 aromatic carbocycles. The van der Waals surface area contributed by atoms with E-state index in [0.29, 0.717) is 0 Å². The maximum Gasteiger partial charge on any atom is 0.217 e. The zero-order valence-electron chi connectivity index (χ0n) is 10.8. The van der Waals surface area contributed by atoms with E-state index < -0.39 is 10.4 Å². The Balaban J connectivity index is 0.000000411. The van der Waals surface area contributed by atoms with Gasteiger partial charge in [-0.15, -0.1) is 0 Å². The van der Waals surface area contributed by atoms with Gasteiger partial charge in [0.1, 0.15) is 12.0 Å². The van der Waals surface area contributed by atoms with Crippen molar-refractivity contribution < 1.29 is 21.9 Å². The van der Waals surface area contributed by atoms with Gasteiger partial charge in [-0.25, -0.2) is 8.42 Å². The topological polar surface area (TPSA) is 83.5 Å². The first-order valence-corrected chi connectivity index (χ1v) is 6.32. The summed E-state index contributed by atoms with van der Waals surface area (Å²) in [6, 6.07) is 7.63. The zero-order valence-corrected chi connectivity index (χ0v) is 11.6. The molecule has 1 rings (SSSR count). The molecule has 0 N–H and O–H groups in total. The molecule has 0 aliphatic carbocycles. The number of quaternary nitrogens is 1. The molecule has 0 amide bonds. The molecule has 0 saturated carbocycles. The van der Waals surface area contributed by atoms with Crippen molar-refractivity contribution >= 4 is 22.4 Å². The summed E-state index contributed by atoms with van der Waals surface area (Å²) in [5.41, 5.74) is 1.92. The van der Waals surface area contributed by atoms with Crippen molar-refractivity contribution in [3.8, 4) is 0 Å². The van der Waals surface area contributed by atoms with Crippen LogP contribution in [-0.4, -0.2) is 47.5 Å². The highest BCUT2D eigenvalue weighted by molar-refractivity contribution is 7.80. The summed E-state index contributed by atoms with van der Waals surface area (Å²) in [5.74, 6) is 0. The van der Waals surface area contributed by atoms with Crippen LogP contribution in [0.1, 0.15) is 10.4 Å². The van der Waals surface area contributed by atoms with Crippen molar-refractivity contribution in [1.29, 1.82) is 0 Å². The Kier molecular flexibility index (Phi) is 6.13. The van der Waals surface area contributed by atoms with E-state index in [-0.39, 0.29) is 0 Å². The van der Waals surface area contributed by atoms with Crippen LogP contribution < -0.4 is 4.48 Å². The minimum Gasteiger partial charge on any atom is -0.726 e. The summed E-state index contributed by atoms with van der Waals surface area (Å²) in [4.78, 5) is 10.4. The van der Waals surface area contributed by atoms with Crippen molar-refractivity contribution in [3.63, 3.8) is 0 Å². The Labute approximate surface area is 107 Å². The van der Waals surface area contributed by atoms with E-state index in [2.05, 4.69) is 25.3 Å². The standard InChI is InChI=1S/C10H14NO.CH4O4S/c1-11(2,3)10-6-4-9(8-12)5-7-10;1-5-6(2,3)4/h4-8H,1-3H3;1H3,(H,2,3,4)/q+1;/p-1. The number of benzene rings is 1. The first-order chi connectivity index (χ1) is 8.10. The number of hydrogen-bond acceptors (Lipinski definition) is 5. The fourth-order valence-corrected chi connectivity index (χ4v) is 1.00. The van der Waals surface area contributed by atoms with Gasteiger partial charge >= 0.3 is 0 Å². The van der Waals surface area contributed by atoms with E-state index in [4.69, 9.17) is 0 Å². The third-order valence-electron chi connectivity index (χ3n) is 2.01. The summed E-state index contributed by atoms with van der Waals surface area (Å²) in [7, 11) is 2.68. The van der Waals surface area contributed by atoms with Gasteiger partial charge in [0.05, 0.1) is 28.3 Å². The van der Waals surface area contributed by atoms with E-state index in [9.17, 15) is 17.8 Å². The van der Waals surface area contributed by atoms with Crippen molar-refractivity contribution in [1.82, 2.24) is 4.48 Å². The maximum absolute atomic E-state index is 10.4. The summed E-state index contributed by atoms with van der Waals surface area (Å²) < 4.78 is 31.8. The molecule has 0 fully saturated rings. The summed E-state index contributed by atoms with van der Waals surface area (Å²) in [6.45, 7) is 0. The summed E-state index contributed by atoms with van der Waals surface area (Å²) in [5, 5.41) is 0. The van der Waals surface area contributed by atoms with Crippen LogP contribution in [-0.2, 0) is 14.6 Å². The molecule has 1 aromatic rings. The number of carbonyl (C=O) groups excluding carboxylic acids is 1. The lowest BCUT2D eigenvalue weighted by atomic mass is 10.2. The highest BCUT2D eigenvalue weighted by Gasteiger charge is 2.10. The van der Waals surface area contributed by atoms with Crippen LogP contribution in [0.25, 0.3) is 0 Å². The average molecular weight is 275 g/mol. The SMILES string of the molecule is COS(=O)(=O)[O-].C[N+](C)(C)c1ccc(C=O)cc1. The minimum atomic E-state index is -4.41. The van der Waals surface area contributed by atoms with E-state index in [1.54, 1.807) is 0 Å². The largest absolute Gasteiger partial charge is 0.726 e. The molecule has 0 atom stereocenters. The van der Waals surface area contributed by atoms with Gasteiger partial charge < -0.3 is 4.55 Å². The molecule has 6 nitrogen and oxygen atoms in total. The smallest absolute Gasteiger partial charge is 0.217 e. The molecule has 0 heterocycles. The lowest BCUT2D eigenvalue weighted by Crippen LogP contribution is -2.34. The average Bonchev–Trinajstić information content (AvgIpc) is 2.28. The summed E-state index contributed by atoms with van der Waals surface area (Å²) in [6.07, 6.45) is 0.861. The Morgan fingerprint density at radius 1 is 1.17 bits per heavy atom. The Morgan fingerprint density at radius 2 is 1.56 bits per heavy atom. The number of aldehydes is 1. The molecule has 0 spiro atoms. The predicted molar refractivity (Wildman–Crippen MR) is 68.1 cm³/mol. The Hall–Kier alpha value is -1.28. The molecule has 0 bridgehead atoms. The molecule has 18 heavy (non-hydrogen) atoms. The Bertz CT molecular complexity index is 473. The first-order valence-electron chi connectivity index (χ1n) is 4.99. The third-order valence-corrected chi connectivity index (χ3v) is 2.42. The highest BCUT2D eigenvalue weighted by Crippen LogP contribution is 2.16. The maximum atomic E-state index is 10.4. The van der Waals surface area contributed by atoms with E-state index in [1.165, 1.54) is 5.69 Å². The minimum absolute atomic E-state index is 0.729. The molecular weight excluding hydrogens is 258 g/mol. The molecule has 0 saturated heterocycles. The Morgan fingerprint density at radius 3 is 1.78 bits per heavy atom. The fraction of sp³-hybridized carbons (Fsp3) is 0.364. The van der Waals surface area contributed by atoms with E-state index >= 15 is 0 Å². The van der Waals surface area contributed by atoms with Gasteiger partial charge in [0.25, 0.3) is 0 Å². The number of carbonyl (C=O) groups is 1. The fourth-order valence-electron chi connectivity index (χ4n) is 1.00. The number of rotatable bonds is 3. The van der Waals surface area contributed by atoms with Gasteiger partial charge in [0, 0.05) is 5.56 Å². The second kappa shape index (κ2) is 6.60. The third kappa shape index (κ3) is 7.13. The van der Waals surface area contributed by atoms with Gasteiger partial charge in [-0.05, 0) is 24.3 Å². The quantitative estimate of drug-likeness (QED) is 0.352. The second-order valence-electron chi connectivity index (χ2n) is 4.30. The highest BCUT2D eigenvalue weighted by atomic mass is 32.3. The van der Waals surface area contributed by atoms with Gasteiger partial charge in [-0.2, -0.15) is 0 Å². The number of hydrogen-bond donors (Lipinski definition) is 0. The lowest BCUT2D eigenvalue weighted by molar-refractivity contribution is 0.112. The zero-order chi connectivity index (χ0) is 14.4. The lowest BCUT2D eigenvalue weighted by Gasteiger charge is -2.23. The van der Waals surface area contributed by atoms with Crippen LogP contribution in [0.5, 0.6) is 0 Å². The van der Waals surface area contributed by atoms with Crippen LogP contribution in [0, 0.1) is 0 Å². The van der Waals surface area contributed by atoms with Crippen molar-refractivity contribution in [2.75, 3.05) is 28.3 Å². The van der Waals surface area contributed by atoms with Crippen molar-refractivity contribution in [2.45, 2.75) is 0 Å². The molecule has 0 aliphatic rings. The van der Waals surface area contributed by atoms with E-state index in [0.717, 1.165) is 23.4 Å². The second-order valence-corrected chi connectivity index (χ2v) is 5.45. The number of nitrogens with zero attached hydrogens (tertiary/aromatic N) is 1. The summed E-state index contributed by atoms with van der Waals surface area (Å²) >= 11 is 0. The predicted octanol–water partition coefficient (Wildman–Crippen LogP) is 0.789. The van der Waals surface area contributed by atoms with Gasteiger partial charge in [-0.3, -0.25) is 13.5 Å². The molecule has 102 valence electrons. The van der Waals surface area contributed by atoms with Crippen LogP contribution in [0.3, 0.4) is 0 Å². The van der Waals surface area contributed by atoms with Crippen molar-refractivity contribution in [3.05, 3.63) is 29.8 Å². The normalized spacial score (nSPS) is 11.4. The first kappa shape index (κ1) is 16.7. The van der Waals surface area contributed by atoms with Gasteiger partial charge in [-0.1, -0.05) is 0 Å². The monoisotopic (exact) mass is 275 g/mol. The molecule has 0 unspecified atom stereocenters. The molecule has 7 heteroatoms. The molecule has 0 aromatic heterocycles. The van der Waals surface area contributed by atoms with Crippen LogP contribution in [0.2, 0.25) is 0 Å².